The first kappa shape index (κ1) is 20.3. The van der Waals surface area contributed by atoms with Crippen LogP contribution in [-0.4, -0.2) is 59.9 Å². The number of nitrogens with zero attached hydrogens (tertiary/aromatic N) is 1. The molecule has 9 heteroatoms. The molecule has 3 amide bonds. The van der Waals surface area contributed by atoms with Gasteiger partial charge in [-0.3, -0.25) is 29.9 Å². The number of hydroxylamine groups is 2. The molecular formula is C17H28N4O5. The van der Waals surface area contributed by atoms with Crippen LogP contribution in [0.5, 0.6) is 0 Å². The molecule has 2 rings (SSSR count). The fraction of sp³-hybridized carbons (Fsp3) is 0.706. The van der Waals surface area contributed by atoms with Crippen LogP contribution >= 0.6 is 0 Å². The van der Waals surface area contributed by atoms with E-state index in [0.29, 0.717) is 13.2 Å². The van der Waals surface area contributed by atoms with Crippen LogP contribution in [0.2, 0.25) is 0 Å². The number of hydrogen-bond donors (Lipinski definition) is 4. The molecule has 3 atom stereocenters. The molecule has 26 heavy (non-hydrogen) atoms. The fourth-order valence-corrected chi connectivity index (χ4v) is 3.07. The Labute approximate surface area is 153 Å². The van der Waals surface area contributed by atoms with Gasteiger partial charge in [0.25, 0.3) is 11.8 Å². The first-order valence-corrected chi connectivity index (χ1v) is 9.07. The van der Waals surface area contributed by atoms with E-state index in [2.05, 4.69) is 16.0 Å². The standard InChI is InChI=1S/C17H28N4O5/c1-12-13(19-9-3-2-8-18-11-22)5-4-10-26-21(17(12)25)14-6-7-15(23)20-16(14)24/h3,9,12-14,18-19,22H,2,4-8,10-11H2,1H3,(H,20,23,24)/b9-3+. The van der Waals surface area contributed by atoms with Crippen molar-refractivity contribution in [1.29, 1.82) is 0 Å². The van der Waals surface area contributed by atoms with Gasteiger partial charge in [-0.1, -0.05) is 13.0 Å². The summed E-state index contributed by atoms with van der Waals surface area (Å²) < 4.78 is 0. The number of hydrogen-bond acceptors (Lipinski definition) is 7. The van der Waals surface area contributed by atoms with Crippen LogP contribution in [-0.2, 0) is 19.2 Å². The number of imide groups is 1. The molecule has 2 fully saturated rings. The maximum Gasteiger partial charge on any atom is 0.252 e. The van der Waals surface area contributed by atoms with Crippen molar-refractivity contribution in [2.24, 2.45) is 5.92 Å². The van der Waals surface area contributed by atoms with Crippen molar-refractivity contribution in [3.05, 3.63) is 12.3 Å². The minimum absolute atomic E-state index is 0.0500. The molecule has 2 aliphatic rings. The maximum atomic E-state index is 12.8. The Morgan fingerprint density at radius 1 is 1.35 bits per heavy atom. The van der Waals surface area contributed by atoms with E-state index in [9.17, 15) is 14.4 Å². The molecule has 3 unspecified atom stereocenters. The second kappa shape index (κ2) is 10.2. The van der Waals surface area contributed by atoms with Crippen molar-refractivity contribution in [1.82, 2.24) is 21.0 Å². The van der Waals surface area contributed by atoms with Crippen LogP contribution < -0.4 is 16.0 Å². The van der Waals surface area contributed by atoms with E-state index in [-0.39, 0.29) is 43.3 Å². The Hall–Kier alpha value is -1.97. The van der Waals surface area contributed by atoms with Gasteiger partial charge < -0.3 is 10.4 Å². The molecule has 2 heterocycles. The smallest absolute Gasteiger partial charge is 0.252 e. The third-order valence-electron chi connectivity index (χ3n) is 4.62. The van der Waals surface area contributed by atoms with Crippen molar-refractivity contribution in [2.45, 2.75) is 51.1 Å². The summed E-state index contributed by atoms with van der Waals surface area (Å²) in [5.74, 6) is -1.43. The second-order valence-corrected chi connectivity index (χ2v) is 6.52. The molecule has 0 radical (unpaired) electrons. The lowest BCUT2D eigenvalue weighted by Crippen LogP contribution is -2.57. The Kier molecular flexibility index (Phi) is 8.02. The minimum Gasteiger partial charge on any atom is -0.388 e. The number of nitrogens with one attached hydrogen (secondary N) is 3. The highest BCUT2D eigenvalue weighted by atomic mass is 16.7. The van der Waals surface area contributed by atoms with E-state index in [1.54, 1.807) is 0 Å². The van der Waals surface area contributed by atoms with Gasteiger partial charge in [-0.2, -0.15) is 0 Å². The summed E-state index contributed by atoms with van der Waals surface area (Å²) in [5.41, 5.74) is 0. The zero-order valence-corrected chi connectivity index (χ0v) is 15.1. The van der Waals surface area contributed by atoms with Crippen LogP contribution in [0.4, 0.5) is 0 Å². The number of rotatable bonds is 7. The second-order valence-electron chi connectivity index (χ2n) is 6.52. The summed E-state index contributed by atoms with van der Waals surface area (Å²) in [6, 6.07) is -0.828. The zero-order valence-electron chi connectivity index (χ0n) is 15.1. The maximum absolute atomic E-state index is 12.8. The highest BCUT2D eigenvalue weighted by Crippen LogP contribution is 2.22. The number of aliphatic hydroxyl groups is 1. The first-order valence-electron chi connectivity index (χ1n) is 9.07. The molecule has 9 nitrogen and oxygen atoms in total. The lowest BCUT2D eigenvalue weighted by Gasteiger charge is -2.37. The Morgan fingerprint density at radius 3 is 2.88 bits per heavy atom. The molecule has 0 aliphatic carbocycles. The molecule has 2 aliphatic heterocycles. The van der Waals surface area contributed by atoms with Gasteiger partial charge in [0.05, 0.1) is 19.3 Å². The number of aliphatic hydroxyl groups excluding tert-OH is 1. The predicted octanol–water partition coefficient (Wildman–Crippen LogP) is -0.617. The van der Waals surface area contributed by atoms with Gasteiger partial charge in [0.1, 0.15) is 6.04 Å². The fourth-order valence-electron chi connectivity index (χ4n) is 3.07. The quantitative estimate of drug-likeness (QED) is 0.269. The highest BCUT2D eigenvalue weighted by molar-refractivity contribution is 6.01. The summed E-state index contributed by atoms with van der Waals surface area (Å²) in [5, 5.41) is 18.2. The lowest BCUT2D eigenvalue weighted by molar-refractivity contribution is -0.211. The van der Waals surface area contributed by atoms with Crippen molar-refractivity contribution in [3.8, 4) is 0 Å². The molecule has 4 N–H and O–H groups in total. The average molecular weight is 368 g/mol. The van der Waals surface area contributed by atoms with Crippen LogP contribution in [0, 0.1) is 5.92 Å². The highest BCUT2D eigenvalue weighted by Gasteiger charge is 2.39. The number of carbonyl (C=O) groups excluding carboxylic acids is 3. The summed E-state index contributed by atoms with van der Waals surface area (Å²) in [4.78, 5) is 41.8. The van der Waals surface area contributed by atoms with Crippen LogP contribution in [0.1, 0.15) is 39.0 Å². The average Bonchev–Trinajstić information content (AvgIpc) is 2.61. The topological polar surface area (TPSA) is 120 Å². The van der Waals surface area contributed by atoms with E-state index in [0.717, 1.165) is 24.3 Å². The van der Waals surface area contributed by atoms with Gasteiger partial charge in [-0.25, -0.2) is 5.06 Å². The number of carbonyl (C=O) groups is 3. The zero-order chi connectivity index (χ0) is 18.9. The summed E-state index contributed by atoms with van der Waals surface area (Å²) in [7, 11) is 0. The van der Waals surface area contributed by atoms with Gasteiger partial charge in [-0.15, -0.1) is 0 Å². The number of piperidine rings is 1. The third-order valence-corrected chi connectivity index (χ3v) is 4.62. The Morgan fingerprint density at radius 2 is 2.15 bits per heavy atom. The molecule has 2 saturated heterocycles. The van der Waals surface area contributed by atoms with Gasteiger partial charge in [0.2, 0.25) is 5.91 Å². The Bertz CT molecular complexity index is 539. The van der Waals surface area contributed by atoms with Crippen molar-refractivity contribution >= 4 is 17.7 Å². The van der Waals surface area contributed by atoms with E-state index in [1.807, 2.05) is 19.2 Å². The molecule has 0 aromatic rings. The van der Waals surface area contributed by atoms with E-state index < -0.39 is 11.9 Å². The summed E-state index contributed by atoms with van der Waals surface area (Å²) in [6.45, 7) is 2.78. The van der Waals surface area contributed by atoms with Gasteiger partial charge in [0.15, 0.2) is 0 Å². The molecule has 0 aromatic carbocycles. The predicted molar refractivity (Wildman–Crippen MR) is 93.1 cm³/mol. The largest absolute Gasteiger partial charge is 0.388 e. The van der Waals surface area contributed by atoms with E-state index >= 15 is 0 Å². The minimum atomic E-state index is -0.763. The summed E-state index contributed by atoms with van der Waals surface area (Å²) in [6.07, 6.45) is 6.52. The molecule has 0 bridgehead atoms. The monoisotopic (exact) mass is 368 g/mol. The molecular weight excluding hydrogens is 340 g/mol. The molecule has 0 saturated carbocycles. The third kappa shape index (κ3) is 5.52. The van der Waals surface area contributed by atoms with Gasteiger partial charge in [0, 0.05) is 19.0 Å². The van der Waals surface area contributed by atoms with Crippen molar-refractivity contribution < 1.29 is 24.3 Å². The van der Waals surface area contributed by atoms with Gasteiger partial charge in [-0.05, 0) is 31.9 Å². The van der Waals surface area contributed by atoms with Crippen LogP contribution in [0.25, 0.3) is 0 Å². The molecule has 146 valence electrons. The van der Waals surface area contributed by atoms with E-state index in [1.165, 1.54) is 0 Å². The Balaban J connectivity index is 1.95. The number of amides is 3. The van der Waals surface area contributed by atoms with Crippen LogP contribution in [0.3, 0.4) is 0 Å². The van der Waals surface area contributed by atoms with Gasteiger partial charge >= 0.3 is 0 Å². The lowest BCUT2D eigenvalue weighted by atomic mass is 9.94. The SMILES string of the molecule is CC1C(=O)N(C2CCC(=O)NC2=O)OCCCC1N/C=C/CCNCO. The van der Waals surface area contributed by atoms with Crippen molar-refractivity contribution in [3.63, 3.8) is 0 Å². The van der Waals surface area contributed by atoms with Crippen molar-refractivity contribution in [2.75, 3.05) is 19.9 Å². The first-order chi connectivity index (χ1) is 12.5. The molecule has 0 aromatic heterocycles. The van der Waals surface area contributed by atoms with Crippen LogP contribution in [0.15, 0.2) is 12.3 Å². The normalized spacial score (nSPS) is 28.0. The summed E-state index contributed by atoms with van der Waals surface area (Å²) >= 11 is 0. The molecule has 0 spiro atoms. The van der Waals surface area contributed by atoms with E-state index in [4.69, 9.17) is 9.94 Å².